The number of rotatable bonds is 2. The Bertz CT molecular complexity index is 451. The summed E-state index contributed by atoms with van der Waals surface area (Å²) in [5.74, 6) is -0.596. The zero-order valence-electron chi connectivity index (χ0n) is 9.28. The lowest BCUT2D eigenvalue weighted by atomic mass is 10.1. The van der Waals surface area contributed by atoms with Crippen LogP contribution < -0.4 is 10.5 Å². The molecule has 0 saturated carbocycles. The molecule has 0 unspecified atom stereocenters. The van der Waals surface area contributed by atoms with E-state index in [1.165, 1.54) is 6.07 Å². The predicted octanol–water partition coefficient (Wildman–Crippen LogP) is 1.84. The molecule has 17 heavy (non-hydrogen) atoms. The lowest BCUT2D eigenvalue weighted by molar-refractivity contribution is 0.0239. The van der Waals surface area contributed by atoms with Crippen LogP contribution in [0.3, 0.4) is 0 Å². The number of anilines is 1. The van der Waals surface area contributed by atoms with Crippen LogP contribution in [0.2, 0.25) is 0 Å². The fourth-order valence-electron chi connectivity index (χ4n) is 1.78. The molecule has 1 aromatic rings. The van der Waals surface area contributed by atoms with Crippen molar-refractivity contribution in [2.24, 2.45) is 0 Å². The van der Waals surface area contributed by atoms with Crippen LogP contribution in [0.1, 0.15) is 18.4 Å². The van der Waals surface area contributed by atoms with E-state index in [-0.39, 0.29) is 23.1 Å². The van der Waals surface area contributed by atoms with E-state index in [0.717, 1.165) is 6.07 Å². The summed E-state index contributed by atoms with van der Waals surface area (Å²) in [6.07, 6.45) is 1.30. The normalized spacial score (nSPS) is 16.5. The third-order valence-corrected chi connectivity index (χ3v) is 2.64. The summed E-state index contributed by atoms with van der Waals surface area (Å²) in [6.45, 7) is 1.20. The number of halogens is 1. The summed E-state index contributed by atoms with van der Waals surface area (Å²) < 4.78 is 24.4. The second-order valence-electron chi connectivity index (χ2n) is 3.92. The number of benzene rings is 1. The van der Waals surface area contributed by atoms with Crippen molar-refractivity contribution < 1.29 is 13.9 Å². The van der Waals surface area contributed by atoms with Gasteiger partial charge in [0.05, 0.1) is 18.8 Å². The molecule has 0 amide bonds. The van der Waals surface area contributed by atoms with E-state index >= 15 is 0 Å². The molecule has 4 nitrogen and oxygen atoms in total. The van der Waals surface area contributed by atoms with Gasteiger partial charge in [-0.05, 0) is 6.07 Å². The molecule has 5 heteroatoms. The molecule has 0 aromatic heterocycles. The van der Waals surface area contributed by atoms with Gasteiger partial charge in [-0.25, -0.2) is 4.39 Å². The van der Waals surface area contributed by atoms with Crippen LogP contribution in [0, 0.1) is 17.1 Å². The van der Waals surface area contributed by atoms with E-state index in [2.05, 4.69) is 0 Å². The first-order chi connectivity index (χ1) is 8.20. The van der Waals surface area contributed by atoms with E-state index in [4.69, 9.17) is 20.5 Å². The van der Waals surface area contributed by atoms with Crippen molar-refractivity contribution in [3.63, 3.8) is 0 Å². The number of nitrogens with two attached hydrogens (primary N) is 1. The Labute approximate surface area is 98.7 Å². The van der Waals surface area contributed by atoms with Crippen LogP contribution in [0.4, 0.5) is 10.1 Å². The van der Waals surface area contributed by atoms with Crippen LogP contribution in [0.15, 0.2) is 12.1 Å². The molecule has 2 N–H and O–H groups in total. The smallest absolute Gasteiger partial charge is 0.173 e. The largest absolute Gasteiger partial charge is 0.486 e. The lowest BCUT2D eigenvalue weighted by Crippen LogP contribution is -2.26. The number of nitrogen functional groups attached to an aromatic ring is 1. The highest BCUT2D eigenvalue weighted by Gasteiger charge is 2.19. The summed E-state index contributed by atoms with van der Waals surface area (Å²) in [6, 6.07) is 4.47. The maximum atomic E-state index is 13.7. The van der Waals surface area contributed by atoms with E-state index in [0.29, 0.717) is 26.1 Å². The van der Waals surface area contributed by atoms with Crippen molar-refractivity contribution in [2.45, 2.75) is 18.9 Å². The molecule has 0 bridgehead atoms. The highest BCUT2D eigenvalue weighted by molar-refractivity contribution is 5.54. The van der Waals surface area contributed by atoms with E-state index in [1.54, 1.807) is 0 Å². The van der Waals surface area contributed by atoms with Gasteiger partial charge in [0.15, 0.2) is 11.6 Å². The van der Waals surface area contributed by atoms with Gasteiger partial charge in [-0.2, -0.15) is 5.26 Å². The summed E-state index contributed by atoms with van der Waals surface area (Å²) in [7, 11) is 0. The van der Waals surface area contributed by atoms with Crippen molar-refractivity contribution >= 4 is 5.69 Å². The Morgan fingerprint density at radius 2 is 2.12 bits per heavy atom. The Morgan fingerprint density at radius 3 is 2.76 bits per heavy atom. The summed E-state index contributed by atoms with van der Waals surface area (Å²) in [5.41, 5.74) is 5.82. The first-order valence-corrected chi connectivity index (χ1v) is 5.44. The van der Waals surface area contributed by atoms with Crippen LogP contribution in [0.25, 0.3) is 0 Å². The zero-order chi connectivity index (χ0) is 12.3. The fourth-order valence-corrected chi connectivity index (χ4v) is 1.78. The monoisotopic (exact) mass is 236 g/mol. The van der Waals surface area contributed by atoms with Gasteiger partial charge in [0.2, 0.25) is 0 Å². The highest BCUT2D eigenvalue weighted by Crippen LogP contribution is 2.28. The third-order valence-electron chi connectivity index (χ3n) is 2.64. The first kappa shape index (κ1) is 11.7. The van der Waals surface area contributed by atoms with Crippen molar-refractivity contribution in [1.82, 2.24) is 0 Å². The SMILES string of the molecule is N#Cc1cc(N)cc(F)c1OC1CCOCC1. The van der Waals surface area contributed by atoms with Crippen molar-refractivity contribution in [2.75, 3.05) is 18.9 Å². The Morgan fingerprint density at radius 1 is 1.41 bits per heavy atom. The molecule has 1 fully saturated rings. The van der Waals surface area contributed by atoms with Gasteiger partial charge in [-0.15, -0.1) is 0 Å². The van der Waals surface area contributed by atoms with Gasteiger partial charge in [-0.1, -0.05) is 0 Å². The quantitative estimate of drug-likeness (QED) is 0.795. The molecule has 1 aromatic carbocycles. The van der Waals surface area contributed by atoms with Crippen molar-refractivity contribution in [3.05, 3.63) is 23.5 Å². The number of nitrogens with zero attached hydrogens (tertiary/aromatic N) is 1. The summed E-state index contributed by atoms with van der Waals surface area (Å²) in [5, 5.41) is 8.92. The maximum Gasteiger partial charge on any atom is 0.173 e. The second kappa shape index (κ2) is 5.02. The van der Waals surface area contributed by atoms with Gasteiger partial charge in [0.25, 0.3) is 0 Å². The molecule has 1 aliphatic rings. The molecule has 2 rings (SSSR count). The van der Waals surface area contributed by atoms with Crippen LogP contribution >= 0.6 is 0 Å². The molecular formula is C12H13FN2O2. The van der Waals surface area contributed by atoms with E-state index in [1.807, 2.05) is 6.07 Å². The number of nitriles is 1. The molecule has 0 radical (unpaired) electrons. The zero-order valence-corrected chi connectivity index (χ0v) is 9.28. The van der Waals surface area contributed by atoms with Crippen molar-refractivity contribution in [1.29, 1.82) is 5.26 Å². The summed E-state index contributed by atoms with van der Waals surface area (Å²) in [4.78, 5) is 0. The number of hydrogen-bond donors (Lipinski definition) is 1. The average Bonchev–Trinajstić information content (AvgIpc) is 2.33. The lowest BCUT2D eigenvalue weighted by Gasteiger charge is -2.24. The van der Waals surface area contributed by atoms with Gasteiger partial charge in [-0.3, -0.25) is 0 Å². The Hall–Kier alpha value is -1.80. The van der Waals surface area contributed by atoms with Crippen molar-refractivity contribution in [3.8, 4) is 11.8 Å². The highest BCUT2D eigenvalue weighted by atomic mass is 19.1. The fraction of sp³-hybridized carbons (Fsp3) is 0.417. The van der Waals surface area contributed by atoms with E-state index < -0.39 is 5.82 Å². The first-order valence-electron chi connectivity index (χ1n) is 5.44. The third kappa shape index (κ3) is 2.66. The molecule has 0 spiro atoms. The molecule has 0 aliphatic carbocycles. The minimum absolute atomic E-state index is 0.00593. The van der Waals surface area contributed by atoms with E-state index in [9.17, 15) is 4.39 Å². The molecule has 1 heterocycles. The molecular weight excluding hydrogens is 223 g/mol. The average molecular weight is 236 g/mol. The minimum Gasteiger partial charge on any atom is -0.486 e. The Balaban J connectivity index is 2.22. The molecule has 90 valence electrons. The predicted molar refractivity (Wildman–Crippen MR) is 60.0 cm³/mol. The topological polar surface area (TPSA) is 68.3 Å². The maximum absolute atomic E-state index is 13.7. The molecule has 1 saturated heterocycles. The second-order valence-corrected chi connectivity index (χ2v) is 3.92. The minimum atomic E-state index is -0.590. The van der Waals surface area contributed by atoms with Crippen LogP contribution in [-0.4, -0.2) is 19.3 Å². The Kier molecular flexibility index (Phi) is 3.45. The van der Waals surface area contributed by atoms with Gasteiger partial charge in [0.1, 0.15) is 12.2 Å². The van der Waals surface area contributed by atoms with Gasteiger partial charge >= 0.3 is 0 Å². The molecule has 1 aliphatic heterocycles. The van der Waals surface area contributed by atoms with Crippen LogP contribution in [-0.2, 0) is 4.74 Å². The summed E-state index contributed by atoms with van der Waals surface area (Å²) >= 11 is 0. The standard InChI is InChI=1S/C12H13FN2O2/c13-11-6-9(15)5-8(7-14)12(11)17-10-1-3-16-4-2-10/h5-6,10H,1-4,15H2. The van der Waals surface area contributed by atoms with Gasteiger partial charge < -0.3 is 15.2 Å². The number of hydrogen-bond acceptors (Lipinski definition) is 4. The number of ether oxygens (including phenoxy) is 2. The van der Waals surface area contributed by atoms with Gasteiger partial charge in [0, 0.05) is 24.6 Å². The van der Waals surface area contributed by atoms with Crippen LogP contribution in [0.5, 0.6) is 5.75 Å². The molecule has 0 atom stereocenters.